The Labute approximate surface area is 118 Å². The third-order valence-electron chi connectivity index (χ3n) is 3.70. The maximum atomic E-state index is 4.86. The third kappa shape index (κ3) is 2.58. The molecule has 1 unspecified atom stereocenters. The number of rotatable bonds is 3. The first-order chi connectivity index (χ1) is 9.28. The molecular formula is C16H20N2S. The van der Waals surface area contributed by atoms with E-state index in [1.165, 1.54) is 39.5 Å². The van der Waals surface area contributed by atoms with Gasteiger partial charge >= 0.3 is 0 Å². The minimum absolute atomic E-state index is 0.519. The number of fused-ring (bicyclic) bond motifs is 1. The lowest BCUT2D eigenvalue weighted by molar-refractivity contribution is 0.476. The summed E-state index contributed by atoms with van der Waals surface area (Å²) in [4.78, 5) is 6.32. The van der Waals surface area contributed by atoms with Crippen molar-refractivity contribution < 1.29 is 0 Å². The fraction of sp³-hybridized carbons (Fsp3) is 0.438. The zero-order valence-electron chi connectivity index (χ0n) is 11.6. The van der Waals surface area contributed by atoms with E-state index in [4.69, 9.17) is 4.98 Å². The van der Waals surface area contributed by atoms with Gasteiger partial charge in [-0.3, -0.25) is 0 Å². The summed E-state index contributed by atoms with van der Waals surface area (Å²) < 4.78 is 0. The van der Waals surface area contributed by atoms with Crippen molar-refractivity contribution in [3.63, 3.8) is 0 Å². The lowest BCUT2D eigenvalue weighted by atomic mass is 9.98. The van der Waals surface area contributed by atoms with Crippen LogP contribution in [0, 0.1) is 6.92 Å². The number of nitrogens with zero attached hydrogens (tertiary/aromatic N) is 1. The molecule has 3 rings (SSSR count). The molecule has 0 fully saturated rings. The van der Waals surface area contributed by atoms with Crippen LogP contribution in [0.4, 0.5) is 0 Å². The van der Waals surface area contributed by atoms with Crippen molar-refractivity contribution in [2.24, 2.45) is 0 Å². The minimum Gasteiger partial charge on any atom is -0.309 e. The largest absolute Gasteiger partial charge is 0.309 e. The second-order valence-corrected chi connectivity index (χ2v) is 6.23. The molecule has 3 heteroatoms. The molecule has 1 aromatic carbocycles. The monoisotopic (exact) mass is 272 g/mol. The number of nitrogens with one attached hydrogen (secondary N) is 1. The van der Waals surface area contributed by atoms with E-state index in [2.05, 4.69) is 43.4 Å². The lowest BCUT2D eigenvalue weighted by Gasteiger charge is -2.21. The maximum Gasteiger partial charge on any atom is 0.123 e. The van der Waals surface area contributed by atoms with Crippen LogP contribution in [0.15, 0.2) is 24.3 Å². The molecule has 0 spiro atoms. The molecule has 1 aromatic heterocycles. The fourth-order valence-electron chi connectivity index (χ4n) is 2.68. The van der Waals surface area contributed by atoms with Gasteiger partial charge in [-0.25, -0.2) is 4.98 Å². The van der Waals surface area contributed by atoms with E-state index in [1.54, 1.807) is 0 Å². The van der Waals surface area contributed by atoms with Gasteiger partial charge in [0.1, 0.15) is 5.01 Å². The average molecular weight is 272 g/mol. The highest BCUT2D eigenvalue weighted by atomic mass is 32.1. The summed E-state index contributed by atoms with van der Waals surface area (Å²) in [7, 11) is 0. The Morgan fingerprint density at radius 2 is 2.11 bits per heavy atom. The molecular weight excluding hydrogens is 252 g/mol. The van der Waals surface area contributed by atoms with Gasteiger partial charge in [0, 0.05) is 16.5 Å². The van der Waals surface area contributed by atoms with Gasteiger partial charge in [-0.2, -0.15) is 0 Å². The zero-order valence-corrected chi connectivity index (χ0v) is 12.4. The molecule has 1 N–H and O–H groups in total. The molecule has 1 atom stereocenters. The van der Waals surface area contributed by atoms with Gasteiger partial charge in [-0.1, -0.05) is 36.8 Å². The molecule has 0 bridgehead atoms. The van der Waals surface area contributed by atoms with E-state index in [1.807, 2.05) is 11.3 Å². The lowest BCUT2D eigenvalue weighted by Crippen LogP contribution is -2.23. The van der Waals surface area contributed by atoms with Gasteiger partial charge in [-0.05, 0) is 32.7 Å². The second-order valence-electron chi connectivity index (χ2n) is 5.20. The van der Waals surface area contributed by atoms with Crippen LogP contribution >= 0.6 is 11.3 Å². The summed E-state index contributed by atoms with van der Waals surface area (Å²) in [6.45, 7) is 5.33. The highest BCUT2D eigenvalue weighted by molar-refractivity contribution is 7.15. The zero-order chi connectivity index (χ0) is 13.2. The Balaban J connectivity index is 1.95. The van der Waals surface area contributed by atoms with E-state index in [0.717, 1.165) is 13.0 Å². The maximum absolute atomic E-state index is 4.86. The van der Waals surface area contributed by atoms with E-state index < -0.39 is 0 Å². The molecule has 1 aliphatic carbocycles. The van der Waals surface area contributed by atoms with Gasteiger partial charge in [0.15, 0.2) is 0 Å². The van der Waals surface area contributed by atoms with Crippen LogP contribution in [0.2, 0.25) is 0 Å². The molecule has 1 heterocycles. The van der Waals surface area contributed by atoms with Gasteiger partial charge < -0.3 is 5.32 Å². The molecule has 0 amide bonds. The number of benzene rings is 1. The van der Waals surface area contributed by atoms with Crippen molar-refractivity contribution >= 4 is 11.3 Å². The second kappa shape index (κ2) is 5.43. The first kappa shape index (κ1) is 12.8. The molecule has 2 aromatic rings. The first-order valence-corrected chi connectivity index (χ1v) is 7.89. The summed E-state index contributed by atoms with van der Waals surface area (Å²) in [5.41, 5.74) is 3.87. The SMILES string of the molecule is CCNC1CCCc2nc(-c3ccc(C)cc3)sc21. The summed E-state index contributed by atoms with van der Waals surface area (Å²) in [6, 6.07) is 9.21. The van der Waals surface area contributed by atoms with E-state index in [-0.39, 0.29) is 0 Å². The van der Waals surface area contributed by atoms with Crippen molar-refractivity contribution in [3.8, 4) is 10.6 Å². The van der Waals surface area contributed by atoms with Crippen molar-refractivity contribution in [3.05, 3.63) is 40.4 Å². The molecule has 2 nitrogen and oxygen atoms in total. The van der Waals surface area contributed by atoms with Crippen molar-refractivity contribution in [1.29, 1.82) is 0 Å². The Bertz CT molecular complexity index is 557. The highest BCUT2D eigenvalue weighted by Crippen LogP contribution is 2.37. The predicted molar refractivity (Wildman–Crippen MR) is 81.6 cm³/mol. The predicted octanol–water partition coefficient (Wildman–Crippen LogP) is 4.11. The van der Waals surface area contributed by atoms with E-state index in [0.29, 0.717) is 6.04 Å². The van der Waals surface area contributed by atoms with E-state index >= 15 is 0 Å². The highest BCUT2D eigenvalue weighted by Gasteiger charge is 2.24. The Morgan fingerprint density at radius 3 is 2.84 bits per heavy atom. The number of thiazole rings is 1. The molecule has 0 radical (unpaired) electrons. The Hall–Kier alpha value is -1.19. The normalized spacial score (nSPS) is 18.3. The van der Waals surface area contributed by atoms with Gasteiger partial charge in [0.05, 0.1) is 5.69 Å². The van der Waals surface area contributed by atoms with Crippen LogP contribution in [0.3, 0.4) is 0 Å². The summed E-state index contributed by atoms with van der Waals surface area (Å²) in [5.74, 6) is 0. The van der Waals surface area contributed by atoms with E-state index in [9.17, 15) is 0 Å². The molecule has 1 aliphatic rings. The third-order valence-corrected chi connectivity index (χ3v) is 4.96. The van der Waals surface area contributed by atoms with Crippen molar-refractivity contribution in [2.75, 3.05) is 6.54 Å². The van der Waals surface area contributed by atoms with Crippen LogP contribution in [-0.2, 0) is 6.42 Å². The number of hydrogen-bond donors (Lipinski definition) is 1. The van der Waals surface area contributed by atoms with Gasteiger partial charge in [0.2, 0.25) is 0 Å². The standard InChI is InChI=1S/C16H20N2S/c1-3-17-13-5-4-6-14-15(13)19-16(18-14)12-9-7-11(2)8-10-12/h7-10,13,17H,3-6H2,1-2H3. The van der Waals surface area contributed by atoms with Crippen LogP contribution in [-0.4, -0.2) is 11.5 Å². The molecule has 19 heavy (non-hydrogen) atoms. The summed E-state index contributed by atoms with van der Waals surface area (Å²) in [6.07, 6.45) is 3.64. The molecule has 0 aliphatic heterocycles. The Morgan fingerprint density at radius 1 is 1.32 bits per heavy atom. The Kier molecular flexibility index (Phi) is 3.67. The summed E-state index contributed by atoms with van der Waals surface area (Å²) in [5, 5.41) is 4.76. The number of aromatic nitrogens is 1. The topological polar surface area (TPSA) is 24.9 Å². The molecule has 0 saturated heterocycles. The van der Waals surface area contributed by atoms with Crippen LogP contribution in [0.5, 0.6) is 0 Å². The number of hydrogen-bond acceptors (Lipinski definition) is 3. The van der Waals surface area contributed by atoms with Crippen LogP contribution < -0.4 is 5.32 Å². The number of aryl methyl sites for hydroxylation is 2. The molecule has 100 valence electrons. The van der Waals surface area contributed by atoms with Crippen LogP contribution in [0.1, 0.15) is 41.9 Å². The smallest absolute Gasteiger partial charge is 0.123 e. The summed E-state index contributed by atoms with van der Waals surface area (Å²) >= 11 is 1.87. The van der Waals surface area contributed by atoms with Crippen LogP contribution in [0.25, 0.3) is 10.6 Å². The van der Waals surface area contributed by atoms with Gasteiger partial charge in [0.25, 0.3) is 0 Å². The van der Waals surface area contributed by atoms with Crippen molar-refractivity contribution in [2.45, 2.75) is 39.2 Å². The van der Waals surface area contributed by atoms with Crippen molar-refractivity contribution in [1.82, 2.24) is 10.3 Å². The molecule has 0 saturated carbocycles. The quantitative estimate of drug-likeness (QED) is 0.909. The van der Waals surface area contributed by atoms with Gasteiger partial charge in [-0.15, -0.1) is 11.3 Å². The first-order valence-electron chi connectivity index (χ1n) is 7.08. The minimum atomic E-state index is 0.519. The average Bonchev–Trinajstić information content (AvgIpc) is 2.85. The fourth-order valence-corrected chi connectivity index (χ4v) is 3.91.